The van der Waals surface area contributed by atoms with E-state index in [1.54, 1.807) is 12.4 Å². The predicted octanol–water partition coefficient (Wildman–Crippen LogP) is 2.50. The van der Waals surface area contributed by atoms with Crippen molar-refractivity contribution in [2.24, 2.45) is 0 Å². The van der Waals surface area contributed by atoms with Gasteiger partial charge < -0.3 is 5.11 Å². The summed E-state index contributed by atoms with van der Waals surface area (Å²) in [4.78, 5) is 5.39. The molecule has 0 amide bonds. The molecule has 12 heteroatoms. The Morgan fingerprint density at radius 3 is 2.71 bits per heavy atom. The van der Waals surface area contributed by atoms with Gasteiger partial charge in [-0.2, -0.15) is 20.1 Å². The van der Waals surface area contributed by atoms with Gasteiger partial charge in [-0.05, 0) is 18.9 Å². The molecule has 180 valence electrons. The lowest BCUT2D eigenvalue weighted by Crippen LogP contribution is -2.35. The molecule has 0 bridgehead atoms. The minimum absolute atomic E-state index is 0.0691. The van der Waals surface area contributed by atoms with Crippen molar-refractivity contribution in [3.8, 4) is 0 Å². The summed E-state index contributed by atoms with van der Waals surface area (Å²) in [6.45, 7) is 2.31. The highest BCUT2D eigenvalue weighted by Gasteiger charge is 2.35. The lowest BCUT2D eigenvalue weighted by atomic mass is 9.88. The zero-order valence-corrected chi connectivity index (χ0v) is 18.9. The predicted molar refractivity (Wildman–Crippen MR) is 117 cm³/mol. The van der Waals surface area contributed by atoms with Crippen LogP contribution in [0.5, 0.6) is 0 Å². The number of aromatic nitrogens is 9. The molecule has 1 atom stereocenters. The second-order valence-corrected chi connectivity index (χ2v) is 8.34. The number of nitrogens with zero attached hydrogens (tertiary/aromatic N) is 9. The molecule has 3 heterocycles. The first-order valence-electron chi connectivity index (χ1n) is 11.2. The molecule has 0 saturated carbocycles. The van der Waals surface area contributed by atoms with Crippen molar-refractivity contribution in [1.82, 2.24) is 44.8 Å². The van der Waals surface area contributed by atoms with Gasteiger partial charge in [0.25, 0.3) is 0 Å². The molecule has 0 spiro atoms. The Morgan fingerprint density at radius 1 is 1.06 bits per heavy atom. The summed E-state index contributed by atoms with van der Waals surface area (Å²) in [6, 6.07) is 3.06. The SMILES string of the molecule is CCCCCCc1cnn(Cn2cc(CC(O)(Cn3cncn3)c3ccc(F)cc3F)nn2)n1. The molecular formula is C22H27F2N9O. The van der Waals surface area contributed by atoms with Crippen LogP contribution in [0.15, 0.2) is 43.2 Å². The van der Waals surface area contributed by atoms with Gasteiger partial charge in [0.05, 0.1) is 30.3 Å². The van der Waals surface area contributed by atoms with E-state index >= 15 is 0 Å². The Hall–Kier alpha value is -3.54. The van der Waals surface area contributed by atoms with E-state index in [0.717, 1.165) is 30.7 Å². The fourth-order valence-electron chi connectivity index (χ4n) is 3.85. The molecule has 4 aromatic rings. The molecule has 0 aliphatic rings. The topological polar surface area (TPSA) is 112 Å². The van der Waals surface area contributed by atoms with Crippen LogP contribution in [0.2, 0.25) is 0 Å². The van der Waals surface area contributed by atoms with Crippen molar-refractivity contribution in [3.63, 3.8) is 0 Å². The van der Waals surface area contributed by atoms with Crippen LogP contribution in [0.3, 0.4) is 0 Å². The maximum Gasteiger partial charge on any atom is 0.154 e. The first kappa shape index (κ1) is 23.6. The second kappa shape index (κ2) is 10.6. The number of hydrogen-bond acceptors (Lipinski definition) is 7. The minimum atomic E-state index is -1.76. The van der Waals surface area contributed by atoms with E-state index in [9.17, 15) is 13.9 Å². The highest BCUT2D eigenvalue weighted by molar-refractivity contribution is 5.26. The quantitative estimate of drug-likeness (QED) is 0.316. The van der Waals surface area contributed by atoms with Crippen LogP contribution in [0, 0.1) is 11.6 Å². The maximum atomic E-state index is 14.6. The molecular weight excluding hydrogens is 444 g/mol. The Kier molecular flexibility index (Phi) is 7.36. The molecule has 4 rings (SSSR count). The number of aliphatic hydroxyl groups is 1. The molecule has 1 unspecified atom stereocenters. The number of halogens is 2. The molecule has 0 saturated heterocycles. The highest BCUT2D eigenvalue weighted by Crippen LogP contribution is 2.29. The average molecular weight is 472 g/mol. The molecule has 1 aromatic carbocycles. The first-order chi connectivity index (χ1) is 16.4. The lowest BCUT2D eigenvalue weighted by Gasteiger charge is -2.28. The molecule has 3 aromatic heterocycles. The fraction of sp³-hybridized carbons (Fsp3) is 0.455. The van der Waals surface area contributed by atoms with Crippen LogP contribution >= 0.6 is 0 Å². The van der Waals surface area contributed by atoms with Crippen molar-refractivity contribution in [2.45, 2.75) is 64.3 Å². The Bertz CT molecular complexity index is 1190. The van der Waals surface area contributed by atoms with Gasteiger partial charge in [0, 0.05) is 18.1 Å². The molecule has 10 nitrogen and oxygen atoms in total. The van der Waals surface area contributed by atoms with Crippen LogP contribution in [-0.2, 0) is 31.7 Å². The molecule has 0 fully saturated rings. The third kappa shape index (κ3) is 5.87. The van der Waals surface area contributed by atoms with Gasteiger partial charge in [-0.3, -0.25) is 0 Å². The smallest absolute Gasteiger partial charge is 0.154 e. The highest BCUT2D eigenvalue weighted by atomic mass is 19.1. The number of unbranched alkanes of at least 4 members (excludes halogenated alkanes) is 3. The summed E-state index contributed by atoms with van der Waals surface area (Å²) < 4.78 is 31.0. The van der Waals surface area contributed by atoms with Gasteiger partial charge in [-0.25, -0.2) is 23.1 Å². The number of benzene rings is 1. The summed E-state index contributed by atoms with van der Waals surface area (Å²) in [5, 5.41) is 32.4. The van der Waals surface area contributed by atoms with E-state index in [0.29, 0.717) is 5.69 Å². The zero-order valence-electron chi connectivity index (χ0n) is 18.9. The Morgan fingerprint density at radius 2 is 1.94 bits per heavy atom. The lowest BCUT2D eigenvalue weighted by molar-refractivity contribution is 0.0107. The summed E-state index contributed by atoms with van der Waals surface area (Å²) in [5.41, 5.74) is -0.494. The van der Waals surface area contributed by atoms with Crippen molar-refractivity contribution in [2.75, 3.05) is 0 Å². The standard InChI is InChI=1S/C22H27F2N9O/c1-2-3-4-5-6-18-11-26-33(29-18)16-31-12-19(28-30-31)10-22(34,13-32-15-25-14-27-32)20-8-7-17(23)9-21(20)24/h7-9,11-12,14-15,34H,2-6,10,13,16H2,1H3. The summed E-state index contributed by atoms with van der Waals surface area (Å²) >= 11 is 0. The van der Waals surface area contributed by atoms with Gasteiger partial charge in [0.15, 0.2) is 6.67 Å². The number of aryl methyl sites for hydroxylation is 1. The molecule has 34 heavy (non-hydrogen) atoms. The van der Waals surface area contributed by atoms with E-state index < -0.39 is 17.2 Å². The van der Waals surface area contributed by atoms with Gasteiger partial charge in [0.1, 0.15) is 29.9 Å². The van der Waals surface area contributed by atoms with E-state index in [2.05, 4.69) is 37.5 Å². The maximum absolute atomic E-state index is 14.6. The van der Waals surface area contributed by atoms with E-state index in [4.69, 9.17) is 0 Å². The molecule has 0 radical (unpaired) electrons. The minimum Gasteiger partial charge on any atom is -0.383 e. The summed E-state index contributed by atoms with van der Waals surface area (Å²) in [5.74, 6) is -1.59. The Labute approximate surface area is 195 Å². The zero-order chi connectivity index (χ0) is 24.0. The van der Waals surface area contributed by atoms with Gasteiger partial charge in [0.2, 0.25) is 0 Å². The van der Waals surface area contributed by atoms with Crippen LogP contribution in [0.4, 0.5) is 8.78 Å². The molecule has 1 N–H and O–H groups in total. The van der Waals surface area contributed by atoms with E-state index in [1.165, 1.54) is 52.1 Å². The van der Waals surface area contributed by atoms with Crippen LogP contribution in [0.1, 0.15) is 49.6 Å². The number of hydrogen-bond donors (Lipinski definition) is 1. The van der Waals surface area contributed by atoms with Gasteiger partial charge in [-0.1, -0.05) is 37.5 Å². The van der Waals surface area contributed by atoms with Gasteiger partial charge in [-0.15, -0.1) is 5.10 Å². The first-order valence-corrected chi connectivity index (χ1v) is 11.2. The normalized spacial score (nSPS) is 13.3. The average Bonchev–Trinajstić information content (AvgIpc) is 3.55. The third-order valence-corrected chi connectivity index (χ3v) is 5.52. The summed E-state index contributed by atoms with van der Waals surface area (Å²) in [7, 11) is 0. The number of rotatable bonds is 12. The molecule has 0 aliphatic carbocycles. The van der Waals surface area contributed by atoms with Gasteiger partial charge >= 0.3 is 0 Å². The largest absolute Gasteiger partial charge is 0.383 e. The van der Waals surface area contributed by atoms with Crippen molar-refractivity contribution < 1.29 is 13.9 Å². The van der Waals surface area contributed by atoms with E-state index in [-0.39, 0.29) is 25.2 Å². The third-order valence-electron chi connectivity index (χ3n) is 5.52. The molecule has 0 aliphatic heterocycles. The van der Waals surface area contributed by atoms with Crippen molar-refractivity contribution in [3.05, 3.63) is 71.8 Å². The monoisotopic (exact) mass is 471 g/mol. The van der Waals surface area contributed by atoms with Crippen LogP contribution in [0.25, 0.3) is 0 Å². The summed E-state index contributed by atoms with van der Waals surface area (Å²) in [6.07, 6.45) is 11.5. The van der Waals surface area contributed by atoms with E-state index in [1.807, 2.05) is 0 Å². The second-order valence-electron chi connectivity index (χ2n) is 8.34. The van der Waals surface area contributed by atoms with Crippen molar-refractivity contribution >= 4 is 0 Å². The van der Waals surface area contributed by atoms with Crippen LogP contribution < -0.4 is 0 Å². The fourth-order valence-corrected chi connectivity index (χ4v) is 3.85. The Balaban J connectivity index is 1.47. The van der Waals surface area contributed by atoms with Crippen LogP contribution in [-0.4, -0.2) is 49.9 Å². The van der Waals surface area contributed by atoms with Crippen molar-refractivity contribution in [1.29, 1.82) is 0 Å².